The Bertz CT molecular complexity index is 1380. The van der Waals surface area contributed by atoms with E-state index in [1.54, 1.807) is 20.5 Å². The third-order valence-electron chi connectivity index (χ3n) is 6.76. The van der Waals surface area contributed by atoms with E-state index < -0.39 is 0 Å². The van der Waals surface area contributed by atoms with Gasteiger partial charge in [-0.05, 0) is 48.7 Å². The maximum Gasteiger partial charge on any atom is 0.261 e. The topological polar surface area (TPSA) is 79.8 Å². The molecule has 0 aliphatic carbocycles. The minimum absolute atomic E-state index is 0.0826. The van der Waals surface area contributed by atoms with Crippen molar-refractivity contribution in [2.24, 2.45) is 0 Å². The van der Waals surface area contributed by atoms with Crippen LogP contribution in [0.2, 0.25) is 0 Å². The van der Waals surface area contributed by atoms with E-state index in [4.69, 9.17) is 9.47 Å². The van der Waals surface area contributed by atoms with E-state index in [-0.39, 0.29) is 5.91 Å². The Labute approximate surface area is 220 Å². The van der Waals surface area contributed by atoms with Crippen molar-refractivity contribution in [1.29, 1.82) is 0 Å². The number of fused-ring (bicyclic) bond motifs is 1. The van der Waals surface area contributed by atoms with Crippen LogP contribution < -0.4 is 24.6 Å². The zero-order valence-corrected chi connectivity index (χ0v) is 22.2. The molecule has 3 heterocycles. The number of benzene rings is 2. The number of aromatic nitrogens is 2. The minimum Gasteiger partial charge on any atom is -0.493 e. The Kier molecular flexibility index (Phi) is 7.41. The van der Waals surface area contributed by atoms with Crippen molar-refractivity contribution in [2.45, 2.75) is 13.3 Å². The first-order valence-corrected chi connectivity index (χ1v) is 13.2. The molecule has 192 valence electrons. The lowest BCUT2D eigenvalue weighted by atomic mass is 10.1. The molecule has 1 N–H and O–H groups in total. The summed E-state index contributed by atoms with van der Waals surface area (Å²) in [5.41, 5.74) is 3.24. The number of rotatable bonds is 8. The molecule has 1 amide bonds. The number of hydrogen-bond donors (Lipinski definition) is 1. The number of carbonyl (C=O) groups excluding carboxylic acids is 1. The average Bonchev–Trinajstić information content (AvgIpc) is 3.30. The molecule has 5 rings (SSSR count). The van der Waals surface area contributed by atoms with Gasteiger partial charge >= 0.3 is 0 Å². The monoisotopic (exact) mass is 517 g/mol. The molecule has 2 aromatic heterocycles. The molecular weight excluding hydrogens is 486 g/mol. The van der Waals surface area contributed by atoms with E-state index in [0.29, 0.717) is 29.3 Å². The van der Waals surface area contributed by atoms with Crippen LogP contribution in [0.3, 0.4) is 0 Å². The second kappa shape index (κ2) is 11.0. The molecule has 0 unspecified atom stereocenters. The van der Waals surface area contributed by atoms with Gasteiger partial charge < -0.3 is 24.6 Å². The van der Waals surface area contributed by atoms with Crippen molar-refractivity contribution in [1.82, 2.24) is 15.3 Å². The van der Waals surface area contributed by atoms with Crippen molar-refractivity contribution < 1.29 is 14.3 Å². The number of amides is 1. The number of methoxy groups -OCH3 is 2. The highest BCUT2D eigenvalue weighted by Crippen LogP contribution is 2.35. The van der Waals surface area contributed by atoms with Gasteiger partial charge in [-0.1, -0.05) is 24.3 Å². The SMILES string of the molecule is COc1ccc(CCNC(=O)c2sc3ncnc(N4CCN(c5ccccc5)CC4)c3c2C)cc1OC. The predicted octanol–water partition coefficient (Wildman–Crippen LogP) is 4.32. The molecule has 0 bridgehead atoms. The smallest absolute Gasteiger partial charge is 0.261 e. The third kappa shape index (κ3) is 5.17. The molecule has 37 heavy (non-hydrogen) atoms. The molecule has 2 aromatic carbocycles. The molecule has 1 aliphatic rings. The van der Waals surface area contributed by atoms with Crippen LogP contribution in [-0.2, 0) is 6.42 Å². The Balaban J connectivity index is 1.27. The van der Waals surface area contributed by atoms with Gasteiger partial charge in [-0.2, -0.15) is 0 Å². The zero-order valence-electron chi connectivity index (χ0n) is 21.4. The van der Waals surface area contributed by atoms with Crippen LogP contribution in [0.25, 0.3) is 10.2 Å². The first kappa shape index (κ1) is 24.8. The molecule has 0 radical (unpaired) electrons. The lowest BCUT2D eigenvalue weighted by molar-refractivity contribution is 0.0957. The molecule has 4 aromatic rings. The van der Waals surface area contributed by atoms with Gasteiger partial charge in [0, 0.05) is 38.4 Å². The second-order valence-electron chi connectivity index (χ2n) is 8.94. The molecule has 0 saturated carbocycles. The highest BCUT2D eigenvalue weighted by atomic mass is 32.1. The molecule has 1 aliphatic heterocycles. The molecule has 9 heteroatoms. The number of nitrogens with one attached hydrogen (secondary N) is 1. The summed E-state index contributed by atoms with van der Waals surface area (Å²) in [6.07, 6.45) is 2.29. The Morgan fingerprint density at radius 1 is 0.973 bits per heavy atom. The van der Waals surface area contributed by atoms with Crippen LogP contribution in [0.15, 0.2) is 54.9 Å². The van der Waals surface area contributed by atoms with Crippen molar-refractivity contribution in [3.8, 4) is 11.5 Å². The van der Waals surface area contributed by atoms with Crippen LogP contribution in [0.1, 0.15) is 20.8 Å². The standard InChI is InChI=1S/C28H31N5O3S/c1-19-24-26(33-15-13-32(14-16-33)21-7-5-4-6-8-21)30-18-31-28(24)37-25(19)27(34)29-12-11-20-9-10-22(35-2)23(17-20)36-3/h4-10,17-18H,11-16H2,1-3H3,(H,29,34). The van der Waals surface area contributed by atoms with Crippen molar-refractivity contribution in [3.05, 3.63) is 70.9 Å². The van der Waals surface area contributed by atoms with Crippen molar-refractivity contribution in [3.63, 3.8) is 0 Å². The number of hydrogen-bond acceptors (Lipinski definition) is 8. The molecular formula is C28H31N5O3S. The molecule has 1 fully saturated rings. The summed E-state index contributed by atoms with van der Waals surface area (Å²) in [6.45, 7) is 6.08. The summed E-state index contributed by atoms with van der Waals surface area (Å²) >= 11 is 1.43. The fourth-order valence-corrected chi connectivity index (χ4v) is 5.82. The number of para-hydroxylation sites is 1. The number of ether oxygens (including phenoxy) is 2. The zero-order chi connectivity index (χ0) is 25.8. The van der Waals surface area contributed by atoms with Crippen LogP contribution in [0.5, 0.6) is 11.5 Å². The fourth-order valence-electron chi connectivity index (χ4n) is 4.76. The lowest BCUT2D eigenvalue weighted by Crippen LogP contribution is -2.46. The number of piperazine rings is 1. The number of anilines is 2. The van der Waals surface area contributed by atoms with Gasteiger partial charge in [0.05, 0.1) is 24.5 Å². The Morgan fingerprint density at radius 2 is 1.70 bits per heavy atom. The van der Waals surface area contributed by atoms with Gasteiger partial charge in [0.2, 0.25) is 0 Å². The summed E-state index contributed by atoms with van der Waals surface area (Å²) in [4.78, 5) is 28.5. The van der Waals surface area contributed by atoms with Gasteiger partial charge in [-0.3, -0.25) is 4.79 Å². The largest absolute Gasteiger partial charge is 0.493 e. The molecule has 0 spiro atoms. The Hall–Kier alpha value is -3.85. The van der Waals surface area contributed by atoms with E-state index in [0.717, 1.165) is 53.3 Å². The third-order valence-corrected chi connectivity index (χ3v) is 7.96. The van der Waals surface area contributed by atoms with E-state index in [9.17, 15) is 4.79 Å². The van der Waals surface area contributed by atoms with E-state index in [1.807, 2.05) is 31.2 Å². The van der Waals surface area contributed by atoms with Gasteiger partial charge in [0.25, 0.3) is 5.91 Å². The maximum absolute atomic E-state index is 13.1. The van der Waals surface area contributed by atoms with Crippen LogP contribution in [-0.4, -0.2) is 62.8 Å². The first-order valence-electron chi connectivity index (χ1n) is 12.4. The first-order chi connectivity index (χ1) is 18.1. The van der Waals surface area contributed by atoms with Gasteiger partial charge in [-0.15, -0.1) is 11.3 Å². The number of thiophene rings is 1. The Morgan fingerprint density at radius 3 is 2.43 bits per heavy atom. The predicted molar refractivity (Wildman–Crippen MR) is 149 cm³/mol. The van der Waals surface area contributed by atoms with Crippen LogP contribution in [0.4, 0.5) is 11.5 Å². The van der Waals surface area contributed by atoms with Gasteiger partial charge in [0.15, 0.2) is 11.5 Å². The highest BCUT2D eigenvalue weighted by Gasteiger charge is 2.24. The van der Waals surface area contributed by atoms with E-state index in [1.165, 1.54) is 17.0 Å². The summed E-state index contributed by atoms with van der Waals surface area (Å²) in [6, 6.07) is 16.3. The number of nitrogens with zero attached hydrogens (tertiary/aromatic N) is 4. The van der Waals surface area contributed by atoms with E-state index >= 15 is 0 Å². The summed E-state index contributed by atoms with van der Waals surface area (Å²) in [5, 5.41) is 4.05. The number of carbonyl (C=O) groups is 1. The normalized spacial score (nSPS) is 13.6. The van der Waals surface area contributed by atoms with Crippen molar-refractivity contribution >= 4 is 39.0 Å². The van der Waals surface area contributed by atoms with Crippen LogP contribution in [0, 0.1) is 6.92 Å². The van der Waals surface area contributed by atoms with Crippen LogP contribution >= 0.6 is 11.3 Å². The average molecular weight is 518 g/mol. The second-order valence-corrected chi connectivity index (χ2v) is 9.94. The van der Waals surface area contributed by atoms with Crippen molar-refractivity contribution in [2.75, 3.05) is 56.7 Å². The summed E-state index contributed by atoms with van der Waals surface area (Å²) in [5.74, 6) is 2.20. The molecule has 8 nitrogen and oxygen atoms in total. The number of aryl methyl sites for hydroxylation is 1. The lowest BCUT2D eigenvalue weighted by Gasteiger charge is -2.37. The highest BCUT2D eigenvalue weighted by molar-refractivity contribution is 7.20. The summed E-state index contributed by atoms with van der Waals surface area (Å²) in [7, 11) is 3.24. The van der Waals surface area contributed by atoms with Gasteiger partial charge in [-0.25, -0.2) is 9.97 Å². The minimum atomic E-state index is -0.0826. The summed E-state index contributed by atoms with van der Waals surface area (Å²) < 4.78 is 10.7. The van der Waals surface area contributed by atoms with E-state index in [2.05, 4.69) is 49.4 Å². The maximum atomic E-state index is 13.1. The van der Waals surface area contributed by atoms with Gasteiger partial charge in [0.1, 0.15) is 17.0 Å². The fraction of sp³-hybridized carbons (Fsp3) is 0.321. The molecule has 0 atom stereocenters. The quantitative estimate of drug-likeness (QED) is 0.373. The molecule has 1 saturated heterocycles.